The summed E-state index contributed by atoms with van der Waals surface area (Å²) in [7, 11) is 0. The third-order valence-corrected chi connectivity index (χ3v) is 4.50. The summed E-state index contributed by atoms with van der Waals surface area (Å²) in [5.74, 6) is 0. The van der Waals surface area contributed by atoms with Crippen LogP contribution in [0.25, 0.3) is 0 Å². The van der Waals surface area contributed by atoms with Gasteiger partial charge in [0, 0.05) is 0 Å². The predicted octanol–water partition coefficient (Wildman–Crippen LogP) is 1.29. The quantitative estimate of drug-likeness (QED) is 0.548. The molecule has 0 bridgehead atoms. The summed E-state index contributed by atoms with van der Waals surface area (Å²) in [5, 5.41) is 0. The summed E-state index contributed by atoms with van der Waals surface area (Å²) in [4.78, 5) is 0. The van der Waals surface area contributed by atoms with Crippen LogP contribution >= 0.6 is 0 Å². The molecule has 8 heavy (non-hydrogen) atoms. The van der Waals surface area contributed by atoms with E-state index in [9.17, 15) is 0 Å². The third-order valence-electron chi connectivity index (χ3n) is 1.06. The van der Waals surface area contributed by atoms with Crippen molar-refractivity contribution in [1.29, 1.82) is 0 Å². The second-order valence-corrected chi connectivity index (χ2v) is 6.72. The summed E-state index contributed by atoms with van der Waals surface area (Å²) in [6.45, 7) is 3.19. The van der Waals surface area contributed by atoms with Crippen LogP contribution in [0, 0.1) is 0 Å². The monoisotopic (exact) mass is 221 g/mol. The zero-order valence-corrected chi connectivity index (χ0v) is 8.47. The van der Waals surface area contributed by atoms with Crippen molar-refractivity contribution in [2.24, 2.45) is 5.73 Å². The minimum absolute atomic E-state index is 0.115. The molecule has 46 valence electrons. The average Bonchev–Trinajstić information content (AvgIpc) is 1.81. The van der Waals surface area contributed by atoms with Crippen molar-refractivity contribution in [1.82, 2.24) is 0 Å². The van der Waals surface area contributed by atoms with Crippen LogP contribution in [-0.2, 0) is 0 Å². The topological polar surface area (TPSA) is 26.0 Å². The molecule has 0 aromatic heterocycles. The van der Waals surface area contributed by atoms with E-state index < -0.39 is 0 Å². The summed E-state index contributed by atoms with van der Waals surface area (Å²) in [6, 6.07) is 0. The maximum absolute atomic E-state index is 5.33. The van der Waals surface area contributed by atoms with Crippen molar-refractivity contribution in [3.63, 3.8) is 0 Å². The van der Waals surface area contributed by atoms with Gasteiger partial charge in [0.05, 0.1) is 0 Å². The Hall–Kier alpha value is 0.759. The first kappa shape index (κ1) is 8.76. The van der Waals surface area contributed by atoms with Crippen LogP contribution in [0.15, 0.2) is 0 Å². The molecule has 0 aliphatic heterocycles. The van der Waals surface area contributed by atoms with Crippen molar-refractivity contribution in [3.8, 4) is 0 Å². The van der Waals surface area contributed by atoms with E-state index in [0.29, 0.717) is 0 Å². The first-order valence-corrected chi connectivity index (χ1v) is 7.36. The zero-order chi connectivity index (χ0) is 6.24. The Morgan fingerprint density at radius 1 is 1.38 bits per heavy atom. The molecule has 0 fully saturated rings. The molecule has 0 atom stereocenters. The normalized spacial score (nSPS) is 8.75. The molecule has 0 saturated heterocycles. The second kappa shape index (κ2) is 7.76. The van der Waals surface area contributed by atoms with E-state index in [1.54, 1.807) is 0 Å². The molecule has 0 aliphatic rings. The number of rotatable bonds is 5. The molecule has 0 unspecified atom stereocenters. The van der Waals surface area contributed by atoms with Gasteiger partial charge < -0.3 is 0 Å². The Balaban J connectivity index is 2.53. The molecule has 0 heterocycles. The Bertz CT molecular complexity index is 33.5. The fraction of sp³-hybridized carbons (Fsp3) is 1.00. The number of unbranched alkanes of at least 4 members (excludes halogenated alkanes) is 1. The van der Waals surface area contributed by atoms with Crippen molar-refractivity contribution in [2.45, 2.75) is 28.6 Å². The summed E-state index contributed by atoms with van der Waals surface area (Å²) in [6.07, 6.45) is 2.65. The fourth-order valence-corrected chi connectivity index (χ4v) is 3.01. The molecule has 0 radical (unpaired) electrons. The van der Waals surface area contributed by atoms with Gasteiger partial charge in [-0.15, -0.1) is 0 Å². The molecular formula is C6H15NSn+2. The Morgan fingerprint density at radius 3 is 2.62 bits per heavy atom. The average molecular weight is 220 g/mol. The van der Waals surface area contributed by atoms with Gasteiger partial charge in [0.2, 0.25) is 0 Å². The van der Waals surface area contributed by atoms with Crippen LogP contribution in [-0.4, -0.2) is 27.7 Å². The Morgan fingerprint density at radius 2 is 2.12 bits per heavy atom. The van der Waals surface area contributed by atoms with E-state index >= 15 is 0 Å². The SMILES string of the molecule is C[CH2][Sn+2][CH2]CCCN. The predicted molar refractivity (Wildman–Crippen MR) is 39.3 cm³/mol. The van der Waals surface area contributed by atoms with E-state index in [4.69, 9.17) is 5.73 Å². The van der Waals surface area contributed by atoms with Crippen molar-refractivity contribution in [3.05, 3.63) is 0 Å². The molecule has 0 aliphatic carbocycles. The fourth-order valence-electron chi connectivity index (χ4n) is 0.571. The van der Waals surface area contributed by atoms with Crippen LogP contribution < -0.4 is 5.73 Å². The number of hydrogen-bond acceptors (Lipinski definition) is 1. The van der Waals surface area contributed by atoms with E-state index in [0.717, 1.165) is 6.54 Å². The molecule has 2 N–H and O–H groups in total. The standard InChI is InChI=1S/C4H10N.C2H5.Sn/c1-2-3-4-5;1-2;/h1-5H2;1H2,2H3;/q;;+2. The Kier molecular flexibility index (Phi) is 8.49. The molecule has 0 aromatic rings. The molecule has 0 saturated carbocycles. The van der Waals surface area contributed by atoms with Gasteiger partial charge in [0.15, 0.2) is 0 Å². The first-order valence-electron chi connectivity index (χ1n) is 3.32. The summed E-state index contributed by atoms with van der Waals surface area (Å²) >= 11 is 0.115. The molecule has 0 amide bonds. The van der Waals surface area contributed by atoms with Crippen molar-refractivity contribution < 1.29 is 0 Å². The van der Waals surface area contributed by atoms with Crippen molar-refractivity contribution >= 4 is 21.1 Å². The number of nitrogens with two attached hydrogens (primary N) is 1. The Labute approximate surface area is 62.2 Å². The first-order chi connectivity index (χ1) is 3.91. The van der Waals surface area contributed by atoms with Gasteiger partial charge in [-0.3, -0.25) is 0 Å². The van der Waals surface area contributed by atoms with Crippen molar-refractivity contribution in [2.75, 3.05) is 6.54 Å². The minimum atomic E-state index is 0.115. The van der Waals surface area contributed by atoms with Gasteiger partial charge in [-0.2, -0.15) is 0 Å². The molecule has 0 aromatic carbocycles. The summed E-state index contributed by atoms with van der Waals surface area (Å²) < 4.78 is 3.03. The van der Waals surface area contributed by atoms with Gasteiger partial charge >= 0.3 is 62.1 Å². The van der Waals surface area contributed by atoms with Gasteiger partial charge in [-0.05, 0) is 0 Å². The van der Waals surface area contributed by atoms with Gasteiger partial charge in [-0.1, -0.05) is 0 Å². The van der Waals surface area contributed by atoms with Crippen LogP contribution in [0.3, 0.4) is 0 Å². The maximum atomic E-state index is 5.33. The van der Waals surface area contributed by atoms with E-state index in [2.05, 4.69) is 6.92 Å². The third kappa shape index (κ3) is 6.76. The van der Waals surface area contributed by atoms with Gasteiger partial charge in [0.25, 0.3) is 0 Å². The van der Waals surface area contributed by atoms with Crippen LogP contribution in [0.4, 0.5) is 0 Å². The van der Waals surface area contributed by atoms with Gasteiger partial charge in [0.1, 0.15) is 0 Å². The number of hydrogen-bond donors (Lipinski definition) is 1. The van der Waals surface area contributed by atoms with E-state index in [-0.39, 0.29) is 21.1 Å². The summed E-state index contributed by atoms with van der Waals surface area (Å²) in [5.41, 5.74) is 5.33. The molecule has 0 spiro atoms. The van der Waals surface area contributed by atoms with Crippen LogP contribution in [0.1, 0.15) is 19.8 Å². The van der Waals surface area contributed by atoms with E-state index in [1.807, 2.05) is 0 Å². The molecule has 0 rings (SSSR count). The van der Waals surface area contributed by atoms with Crippen LogP contribution in [0.2, 0.25) is 8.87 Å². The molecule has 2 heteroatoms. The van der Waals surface area contributed by atoms with E-state index in [1.165, 1.54) is 21.7 Å². The van der Waals surface area contributed by atoms with Gasteiger partial charge in [-0.25, -0.2) is 0 Å². The second-order valence-electron chi connectivity index (χ2n) is 1.85. The zero-order valence-electron chi connectivity index (χ0n) is 5.61. The molecule has 1 nitrogen and oxygen atoms in total. The van der Waals surface area contributed by atoms with Crippen LogP contribution in [0.5, 0.6) is 0 Å². The molecular weight excluding hydrogens is 205 g/mol.